The Hall–Kier alpha value is -0.370. The van der Waals surface area contributed by atoms with Crippen molar-refractivity contribution in [1.82, 2.24) is 0 Å². The SMILES string of the molecule is CCCCC(=O)CCCCCO. The molecule has 0 saturated carbocycles. The highest BCUT2D eigenvalue weighted by atomic mass is 16.2. The molecule has 0 atom stereocenters. The first-order chi connectivity index (χ1) is 5.81. The summed E-state index contributed by atoms with van der Waals surface area (Å²) in [5, 5.41) is 8.49. The van der Waals surface area contributed by atoms with Gasteiger partial charge in [0.25, 0.3) is 0 Å². The summed E-state index contributed by atoms with van der Waals surface area (Å²) in [6, 6.07) is 0. The van der Waals surface area contributed by atoms with E-state index < -0.39 is 0 Å². The van der Waals surface area contributed by atoms with Gasteiger partial charge in [-0.25, -0.2) is 0 Å². The number of Topliss-reactive ketones (excluding diaryl/α,β-unsaturated/α-hetero) is 1. The number of hydrogen-bond donors (Lipinski definition) is 1. The topological polar surface area (TPSA) is 37.3 Å². The maximum Gasteiger partial charge on any atom is 0.132 e. The van der Waals surface area contributed by atoms with Gasteiger partial charge in [0.2, 0.25) is 0 Å². The fraction of sp³-hybridized carbons (Fsp3) is 0.900. The Balaban J connectivity index is 3.08. The van der Waals surface area contributed by atoms with E-state index in [2.05, 4.69) is 6.92 Å². The Kier molecular flexibility index (Phi) is 8.46. The van der Waals surface area contributed by atoms with Crippen molar-refractivity contribution in [2.45, 2.75) is 51.9 Å². The van der Waals surface area contributed by atoms with Gasteiger partial charge in [0.15, 0.2) is 0 Å². The summed E-state index contributed by atoms with van der Waals surface area (Å²) in [6.07, 6.45) is 6.34. The predicted molar refractivity (Wildman–Crippen MR) is 50.1 cm³/mol. The van der Waals surface area contributed by atoms with Gasteiger partial charge in [0, 0.05) is 19.4 Å². The lowest BCUT2D eigenvalue weighted by atomic mass is 10.1. The molecule has 0 amide bonds. The molecule has 0 aromatic rings. The molecule has 2 heteroatoms. The van der Waals surface area contributed by atoms with E-state index in [-0.39, 0.29) is 6.61 Å². The maximum atomic E-state index is 11.1. The summed E-state index contributed by atoms with van der Waals surface area (Å²) in [7, 11) is 0. The van der Waals surface area contributed by atoms with Gasteiger partial charge >= 0.3 is 0 Å². The molecule has 0 heterocycles. The second-order valence-electron chi connectivity index (χ2n) is 3.18. The number of aliphatic hydroxyl groups is 1. The Morgan fingerprint density at radius 1 is 1.08 bits per heavy atom. The molecule has 0 aromatic heterocycles. The Morgan fingerprint density at radius 3 is 2.33 bits per heavy atom. The van der Waals surface area contributed by atoms with Gasteiger partial charge < -0.3 is 5.11 Å². The van der Waals surface area contributed by atoms with E-state index in [0.717, 1.165) is 38.5 Å². The second kappa shape index (κ2) is 8.72. The summed E-state index contributed by atoms with van der Waals surface area (Å²) in [5.74, 6) is 0.384. The number of ketones is 1. The van der Waals surface area contributed by atoms with Gasteiger partial charge in [-0.2, -0.15) is 0 Å². The first-order valence-corrected chi connectivity index (χ1v) is 4.93. The lowest BCUT2D eigenvalue weighted by Crippen LogP contribution is -1.97. The Morgan fingerprint density at radius 2 is 1.75 bits per heavy atom. The van der Waals surface area contributed by atoms with Crippen LogP contribution in [0, 0.1) is 0 Å². The largest absolute Gasteiger partial charge is 0.396 e. The molecule has 0 bridgehead atoms. The lowest BCUT2D eigenvalue weighted by molar-refractivity contribution is -0.119. The van der Waals surface area contributed by atoms with Gasteiger partial charge in [-0.05, 0) is 19.3 Å². The summed E-state index contributed by atoms with van der Waals surface area (Å²) in [5.41, 5.74) is 0. The molecule has 0 saturated heterocycles. The molecule has 1 N–H and O–H groups in total. The predicted octanol–water partition coefficient (Wildman–Crippen LogP) is 2.30. The van der Waals surface area contributed by atoms with Crippen molar-refractivity contribution in [3.63, 3.8) is 0 Å². The van der Waals surface area contributed by atoms with Crippen molar-refractivity contribution in [2.75, 3.05) is 6.61 Å². The summed E-state index contributed by atoms with van der Waals surface area (Å²) in [6.45, 7) is 2.35. The fourth-order valence-corrected chi connectivity index (χ4v) is 1.11. The van der Waals surface area contributed by atoms with Gasteiger partial charge in [-0.3, -0.25) is 4.79 Å². The highest BCUT2D eigenvalue weighted by Crippen LogP contribution is 2.04. The maximum absolute atomic E-state index is 11.1. The zero-order valence-corrected chi connectivity index (χ0v) is 8.01. The first-order valence-electron chi connectivity index (χ1n) is 4.93. The van der Waals surface area contributed by atoms with Gasteiger partial charge in [-0.15, -0.1) is 0 Å². The molecule has 0 unspecified atom stereocenters. The first kappa shape index (κ1) is 11.6. The van der Waals surface area contributed by atoms with Crippen LogP contribution in [0.15, 0.2) is 0 Å². The second-order valence-corrected chi connectivity index (χ2v) is 3.18. The fourth-order valence-electron chi connectivity index (χ4n) is 1.11. The van der Waals surface area contributed by atoms with Crippen LogP contribution >= 0.6 is 0 Å². The number of hydrogen-bond acceptors (Lipinski definition) is 2. The molecule has 0 aliphatic carbocycles. The molecule has 0 aliphatic heterocycles. The highest BCUT2D eigenvalue weighted by molar-refractivity contribution is 5.78. The molecule has 12 heavy (non-hydrogen) atoms. The van der Waals surface area contributed by atoms with Crippen LogP contribution in [0.25, 0.3) is 0 Å². The van der Waals surface area contributed by atoms with Crippen molar-refractivity contribution in [3.05, 3.63) is 0 Å². The third-order valence-electron chi connectivity index (χ3n) is 1.92. The Bertz CT molecular complexity index is 110. The van der Waals surface area contributed by atoms with Crippen molar-refractivity contribution < 1.29 is 9.90 Å². The molecule has 0 aromatic carbocycles. The van der Waals surface area contributed by atoms with E-state index in [1.54, 1.807) is 0 Å². The van der Waals surface area contributed by atoms with Gasteiger partial charge in [-0.1, -0.05) is 19.8 Å². The van der Waals surface area contributed by atoms with E-state index in [0.29, 0.717) is 12.2 Å². The van der Waals surface area contributed by atoms with Crippen LogP contribution in [0.4, 0.5) is 0 Å². The molecule has 2 nitrogen and oxygen atoms in total. The van der Waals surface area contributed by atoms with Crippen LogP contribution < -0.4 is 0 Å². The van der Waals surface area contributed by atoms with Crippen LogP contribution in [0.3, 0.4) is 0 Å². The molecule has 0 rings (SSSR count). The summed E-state index contributed by atoms with van der Waals surface area (Å²) < 4.78 is 0. The standard InChI is InChI=1S/C10H20O2/c1-2-3-7-10(12)8-5-4-6-9-11/h11H,2-9H2,1H3. The quantitative estimate of drug-likeness (QED) is 0.570. The zero-order chi connectivity index (χ0) is 9.23. The van der Waals surface area contributed by atoms with Crippen LogP contribution in [0.2, 0.25) is 0 Å². The van der Waals surface area contributed by atoms with Crippen LogP contribution in [-0.2, 0) is 4.79 Å². The van der Waals surface area contributed by atoms with Gasteiger partial charge in [0.1, 0.15) is 5.78 Å². The average molecular weight is 172 g/mol. The lowest BCUT2D eigenvalue weighted by Gasteiger charge is -1.98. The highest BCUT2D eigenvalue weighted by Gasteiger charge is 1.99. The molecule has 0 fully saturated rings. The van der Waals surface area contributed by atoms with Crippen molar-refractivity contribution in [2.24, 2.45) is 0 Å². The molecule has 0 aliphatic rings. The van der Waals surface area contributed by atoms with Gasteiger partial charge in [0.05, 0.1) is 0 Å². The van der Waals surface area contributed by atoms with Crippen LogP contribution in [0.1, 0.15) is 51.9 Å². The third kappa shape index (κ3) is 7.73. The Labute approximate surface area is 75.0 Å². The molecule has 0 radical (unpaired) electrons. The van der Waals surface area contributed by atoms with E-state index in [1.165, 1.54) is 0 Å². The number of aliphatic hydroxyl groups excluding tert-OH is 1. The summed E-state index contributed by atoms with van der Waals surface area (Å²) in [4.78, 5) is 11.1. The number of rotatable bonds is 8. The monoisotopic (exact) mass is 172 g/mol. The smallest absolute Gasteiger partial charge is 0.132 e. The molecular formula is C10H20O2. The number of unbranched alkanes of at least 4 members (excludes halogenated alkanes) is 3. The zero-order valence-electron chi connectivity index (χ0n) is 8.01. The minimum absolute atomic E-state index is 0.253. The van der Waals surface area contributed by atoms with Crippen molar-refractivity contribution in [3.8, 4) is 0 Å². The van der Waals surface area contributed by atoms with E-state index in [9.17, 15) is 4.79 Å². The molecule has 0 spiro atoms. The van der Waals surface area contributed by atoms with Crippen molar-refractivity contribution >= 4 is 5.78 Å². The molecular weight excluding hydrogens is 152 g/mol. The van der Waals surface area contributed by atoms with E-state index >= 15 is 0 Å². The number of carbonyl (C=O) groups excluding carboxylic acids is 1. The number of carbonyl (C=O) groups is 1. The van der Waals surface area contributed by atoms with Crippen LogP contribution in [0.5, 0.6) is 0 Å². The van der Waals surface area contributed by atoms with E-state index in [4.69, 9.17) is 5.11 Å². The third-order valence-corrected chi connectivity index (χ3v) is 1.92. The normalized spacial score (nSPS) is 10.2. The van der Waals surface area contributed by atoms with Crippen molar-refractivity contribution in [1.29, 1.82) is 0 Å². The molecule has 72 valence electrons. The van der Waals surface area contributed by atoms with Crippen LogP contribution in [-0.4, -0.2) is 17.5 Å². The average Bonchev–Trinajstić information content (AvgIpc) is 2.09. The summed E-state index contributed by atoms with van der Waals surface area (Å²) >= 11 is 0. The minimum Gasteiger partial charge on any atom is -0.396 e. The van der Waals surface area contributed by atoms with E-state index in [1.807, 2.05) is 0 Å². The minimum atomic E-state index is 0.253.